The van der Waals surface area contributed by atoms with Gasteiger partial charge in [0.2, 0.25) is 0 Å². The summed E-state index contributed by atoms with van der Waals surface area (Å²) in [5.74, 6) is 0. The van der Waals surface area contributed by atoms with Crippen molar-refractivity contribution in [3.8, 4) is 22.3 Å². The number of nitrogens with two attached hydrogens (primary N) is 2. The van der Waals surface area contributed by atoms with Crippen molar-refractivity contribution in [1.82, 2.24) is 10.6 Å². The highest BCUT2D eigenvalue weighted by Gasteiger charge is 2.27. The van der Waals surface area contributed by atoms with Crippen LogP contribution in [0.25, 0.3) is 22.3 Å². The molecule has 4 nitrogen and oxygen atoms in total. The van der Waals surface area contributed by atoms with E-state index in [2.05, 4.69) is 47.0 Å². The monoisotopic (exact) mass is 488 g/mol. The van der Waals surface area contributed by atoms with Crippen LogP contribution >= 0.6 is 58.4 Å². The standard InChI is InChI=1S/C16H16N4S2.2BrH/c17-15(21)19-7-9-3-1-5-11-12-6-2-4-10(8-20-16(18)22)14(12)13(9)11;;/h1-6H,7-8H2,(H3,17,19,21)(H3,18,20,22);2*1H. The van der Waals surface area contributed by atoms with E-state index in [0.29, 0.717) is 23.3 Å². The lowest BCUT2D eigenvalue weighted by atomic mass is 9.75. The topological polar surface area (TPSA) is 76.1 Å². The first-order valence-corrected chi connectivity index (χ1v) is 7.70. The third-order valence-corrected chi connectivity index (χ3v) is 4.04. The van der Waals surface area contributed by atoms with E-state index in [1.165, 1.54) is 33.4 Å². The molecular formula is C16H18Br2N4S2. The van der Waals surface area contributed by atoms with Crippen LogP contribution in [0.3, 0.4) is 0 Å². The molecule has 8 heteroatoms. The first-order valence-electron chi connectivity index (χ1n) is 6.89. The van der Waals surface area contributed by atoms with Crippen molar-refractivity contribution < 1.29 is 0 Å². The molecule has 0 saturated carbocycles. The minimum Gasteiger partial charge on any atom is -0.376 e. The maximum absolute atomic E-state index is 5.53. The fraction of sp³-hybridized carbons (Fsp3) is 0.125. The van der Waals surface area contributed by atoms with Crippen LogP contribution in [0.15, 0.2) is 36.4 Å². The fourth-order valence-electron chi connectivity index (χ4n) is 2.84. The van der Waals surface area contributed by atoms with Crippen molar-refractivity contribution in [2.24, 2.45) is 11.5 Å². The fourth-order valence-corrected chi connectivity index (χ4v) is 2.98. The molecule has 0 bridgehead atoms. The van der Waals surface area contributed by atoms with Gasteiger partial charge in [-0.05, 0) is 57.8 Å². The Bertz CT molecular complexity index is 715. The molecule has 0 saturated heterocycles. The first-order chi connectivity index (χ1) is 10.6. The Labute approximate surface area is 172 Å². The lowest BCUT2D eigenvalue weighted by Crippen LogP contribution is -2.29. The highest BCUT2D eigenvalue weighted by Crippen LogP contribution is 2.50. The van der Waals surface area contributed by atoms with Crippen molar-refractivity contribution in [2.45, 2.75) is 13.1 Å². The molecule has 6 N–H and O–H groups in total. The molecular weight excluding hydrogens is 472 g/mol. The molecule has 2 aromatic rings. The number of hydrogen-bond donors (Lipinski definition) is 4. The quantitative estimate of drug-likeness (QED) is 0.422. The second-order valence-electron chi connectivity index (χ2n) is 5.12. The summed E-state index contributed by atoms with van der Waals surface area (Å²) >= 11 is 9.78. The van der Waals surface area contributed by atoms with Gasteiger partial charge in [0.15, 0.2) is 10.2 Å². The number of halogens is 2. The molecule has 0 fully saturated rings. The average Bonchev–Trinajstić information content (AvgIpc) is 2.47. The van der Waals surface area contributed by atoms with Crippen LogP contribution in [0, 0.1) is 0 Å². The van der Waals surface area contributed by atoms with E-state index in [1.807, 2.05) is 0 Å². The summed E-state index contributed by atoms with van der Waals surface area (Å²) in [6.07, 6.45) is 0. The van der Waals surface area contributed by atoms with Crippen LogP contribution in [0.1, 0.15) is 11.1 Å². The number of nitrogens with one attached hydrogen (secondary N) is 2. The Morgan fingerprint density at radius 3 is 1.46 bits per heavy atom. The number of thiocarbonyl (C=S) groups is 2. The van der Waals surface area contributed by atoms with Gasteiger partial charge >= 0.3 is 0 Å². The Morgan fingerprint density at radius 1 is 0.750 bits per heavy atom. The predicted molar refractivity (Wildman–Crippen MR) is 119 cm³/mol. The Morgan fingerprint density at radius 2 is 1.12 bits per heavy atom. The van der Waals surface area contributed by atoms with Crippen LogP contribution in [0.4, 0.5) is 0 Å². The largest absolute Gasteiger partial charge is 0.376 e. The SMILES string of the molecule is Br.Br.NC(=S)NCc1cccc2c1-c1c(CNC(N)=S)cccc1-2. The summed E-state index contributed by atoms with van der Waals surface area (Å²) in [7, 11) is 0. The van der Waals surface area contributed by atoms with E-state index in [1.54, 1.807) is 0 Å². The molecule has 0 atom stereocenters. The van der Waals surface area contributed by atoms with Crippen molar-refractivity contribution in [3.63, 3.8) is 0 Å². The van der Waals surface area contributed by atoms with E-state index >= 15 is 0 Å². The highest BCUT2D eigenvalue weighted by atomic mass is 79.9. The van der Waals surface area contributed by atoms with Gasteiger partial charge in [-0.1, -0.05) is 36.4 Å². The van der Waals surface area contributed by atoms with Gasteiger partial charge in [0, 0.05) is 13.1 Å². The molecule has 2 aromatic carbocycles. The summed E-state index contributed by atoms with van der Waals surface area (Å²) in [6.45, 7) is 1.24. The predicted octanol–water partition coefficient (Wildman–Crippen LogP) is 3.16. The second kappa shape index (κ2) is 8.75. The molecule has 0 unspecified atom stereocenters. The number of fused-ring (bicyclic) bond motifs is 4. The van der Waals surface area contributed by atoms with E-state index < -0.39 is 0 Å². The Balaban J connectivity index is 0.00000144. The van der Waals surface area contributed by atoms with Gasteiger partial charge in [0.1, 0.15) is 0 Å². The van der Waals surface area contributed by atoms with E-state index in [0.717, 1.165) is 0 Å². The van der Waals surface area contributed by atoms with Crippen LogP contribution in [-0.4, -0.2) is 10.2 Å². The molecule has 24 heavy (non-hydrogen) atoms. The zero-order valence-electron chi connectivity index (χ0n) is 12.7. The third-order valence-electron chi connectivity index (χ3n) is 3.75. The number of rotatable bonds is 4. The van der Waals surface area contributed by atoms with Crippen molar-refractivity contribution in [2.75, 3.05) is 0 Å². The molecule has 128 valence electrons. The van der Waals surface area contributed by atoms with Gasteiger partial charge < -0.3 is 22.1 Å². The molecule has 0 aliphatic heterocycles. The van der Waals surface area contributed by atoms with E-state index in [9.17, 15) is 0 Å². The van der Waals surface area contributed by atoms with Gasteiger partial charge in [0.25, 0.3) is 0 Å². The van der Waals surface area contributed by atoms with Crippen LogP contribution in [-0.2, 0) is 13.1 Å². The first kappa shape index (κ1) is 20.8. The smallest absolute Gasteiger partial charge is 0.163 e. The average molecular weight is 490 g/mol. The molecule has 0 heterocycles. The summed E-state index contributed by atoms with van der Waals surface area (Å²) in [5, 5.41) is 6.65. The molecule has 3 rings (SSSR count). The second-order valence-corrected chi connectivity index (χ2v) is 5.99. The van der Waals surface area contributed by atoms with Crippen molar-refractivity contribution in [3.05, 3.63) is 47.5 Å². The minimum absolute atomic E-state index is 0. The van der Waals surface area contributed by atoms with Crippen LogP contribution in [0.5, 0.6) is 0 Å². The number of hydrogen-bond acceptors (Lipinski definition) is 2. The number of benzene rings is 2. The summed E-state index contributed by atoms with van der Waals surface area (Å²) in [4.78, 5) is 0. The van der Waals surface area contributed by atoms with Gasteiger partial charge in [-0.25, -0.2) is 0 Å². The maximum Gasteiger partial charge on any atom is 0.163 e. The lowest BCUT2D eigenvalue weighted by Gasteiger charge is -2.29. The molecule has 0 aromatic heterocycles. The van der Waals surface area contributed by atoms with Crippen molar-refractivity contribution >= 4 is 68.6 Å². The zero-order valence-corrected chi connectivity index (χ0v) is 17.7. The molecule has 1 aliphatic rings. The van der Waals surface area contributed by atoms with Gasteiger partial charge in [-0.15, -0.1) is 34.0 Å². The van der Waals surface area contributed by atoms with Gasteiger partial charge in [0.05, 0.1) is 0 Å². The molecule has 0 radical (unpaired) electrons. The van der Waals surface area contributed by atoms with Crippen LogP contribution in [0.2, 0.25) is 0 Å². The zero-order chi connectivity index (χ0) is 15.7. The van der Waals surface area contributed by atoms with Gasteiger partial charge in [-0.3, -0.25) is 0 Å². The van der Waals surface area contributed by atoms with Crippen LogP contribution < -0.4 is 22.1 Å². The van der Waals surface area contributed by atoms with Crippen molar-refractivity contribution in [1.29, 1.82) is 0 Å². The summed E-state index contributed by atoms with van der Waals surface area (Å²) < 4.78 is 0. The molecule has 1 aliphatic carbocycles. The highest BCUT2D eigenvalue weighted by molar-refractivity contribution is 8.93. The molecule has 0 spiro atoms. The summed E-state index contributed by atoms with van der Waals surface area (Å²) in [6, 6.07) is 12.5. The minimum atomic E-state index is 0. The Hall–Kier alpha value is -1.22. The lowest BCUT2D eigenvalue weighted by molar-refractivity contribution is 0.908. The van der Waals surface area contributed by atoms with Gasteiger partial charge in [-0.2, -0.15) is 0 Å². The third kappa shape index (κ3) is 4.05. The maximum atomic E-state index is 5.53. The Kier molecular flexibility index (Phi) is 7.59. The van der Waals surface area contributed by atoms with E-state index in [-0.39, 0.29) is 34.0 Å². The molecule has 0 amide bonds. The summed E-state index contributed by atoms with van der Waals surface area (Å²) in [5.41, 5.74) is 18.5. The van der Waals surface area contributed by atoms with E-state index in [4.69, 9.17) is 35.9 Å². The normalized spacial score (nSPS) is 10.0.